The summed E-state index contributed by atoms with van der Waals surface area (Å²) in [6.45, 7) is 6.11. The summed E-state index contributed by atoms with van der Waals surface area (Å²) in [6.07, 6.45) is 0.843. The van der Waals surface area contributed by atoms with Crippen LogP contribution in [-0.4, -0.2) is 16.1 Å². The van der Waals surface area contributed by atoms with Crippen molar-refractivity contribution in [1.82, 2.24) is 4.98 Å². The maximum absolute atomic E-state index is 13.7. The van der Waals surface area contributed by atoms with E-state index in [9.17, 15) is 14.3 Å². The van der Waals surface area contributed by atoms with Crippen LogP contribution in [0.4, 0.5) is 4.39 Å². The first-order valence-electron chi connectivity index (χ1n) is 6.79. The lowest BCUT2D eigenvalue weighted by atomic mass is 9.83. The predicted octanol–water partition coefficient (Wildman–Crippen LogP) is 4.62. The highest BCUT2D eigenvalue weighted by atomic mass is 79.9. The molecule has 0 saturated heterocycles. The molecule has 5 heteroatoms. The normalized spacial score (nSPS) is 19.8. The van der Waals surface area contributed by atoms with Crippen molar-refractivity contribution < 1.29 is 14.3 Å². The lowest BCUT2D eigenvalue weighted by Gasteiger charge is -2.21. The van der Waals surface area contributed by atoms with Crippen molar-refractivity contribution in [2.75, 3.05) is 0 Å². The van der Waals surface area contributed by atoms with Crippen molar-refractivity contribution in [3.8, 4) is 0 Å². The Kier molecular flexibility index (Phi) is 3.10. The Morgan fingerprint density at radius 3 is 2.76 bits per heavy atom. The Balaban J connectivity index is 2.51. The molecule has 0 radical (unpaired) electrons. The summed E-state index contributed by atoms with van der Waals surface area (Å²) in [6, 6.07) is 2.81. The van der Waals surface area contributed by atoms with Gasteiger partial charge in [-0.05, 0) is 45.3 Å². The predicted molar refractivity (Wildman–Crippen MR) is 82.4 cm³/mol. The molecule has 1 heterocycles. The van der Waals surface area contributed by atoms with Gasteiger partial charge >= 0.3 is 5.97 Å². The van der Waals surface area contributed by atoms with Crippen LogP contribution >= 0.6 is 15.9 Å². The van der Waals surface area contributed by atoms with Gasteiger partial charge in [0.25, 0.3) is 0 Å². The van der Waals surface area contributed by atoms with Crippen LogP contribution in [0.15, 0.2) is 16.6 Å². The number of aromatic carboxylic acids is 1. The average molecular weight is 352 g/mol. The minimum Gasteiger partial charge on any atom is -0.478 e. The van der Waals surface area contributed by atoms with E-state index in [-0.39, 0.29) is 21.4 Å². The minimum atomic E-state index is -0.987. The maximum Gasteiger partial charge on any atom is 0.336 e. The lowest BCUT2D eigenvalue weighted by Crippen LogP contribution is -2.18. The van der Waals surface area contributed by atoms with Crippen LogP contribution in [0, 0.1) is 5.82 Å². The number of hydrogen-bond donors (Lipinski definition) is 1. The molecule has 1 aliphatic rings. The number of rotatable bonds is 1. The zero-order valence-electron chi connectivity index (χ0n) is 12.0. The van der Waals surface area contributed by atoms with E-state index in [0.717, 1.165) is 17.7 Å². The Labute approximate surface area is 130 Å². The van der Waals surface area contributed by atoms with Gasteiger partial charge in [-0.3, -0.25) is 4.98 Å². The third-order valence-corrected chi connectivity index (χ3v) is 4.84. The minimum absolute atomic E-state index is 0.171. The van der Waals surface area contributed by atoms with E-state index in [2.05, 4.69) is 20.9 Å². The molecule has 0 saturated carbocycles. The van der Waals surface area contributed by atoms with E-state index in [0.29, 0.717) is 10.9 Å². The standard InChI is InChI=1S/C16H15BrFNO2/c1-7-6-16(2,3)13-12(15(20)21)8-4-9(17)10(18)5-11(8)19-14(7)13/h4-5,7H,6H2,1-3H3,(H,20,21). The summed E-state index contributed by atoms with van der Waals surface area (Å²) in [7, 11) is 0. The second-order valence-corrected chi connectivity index (χ2v) is 7.18. The molecule has 1 aromatic carbocycles. The molecule has 0 fully saturated rings. The number of carbonyl (C=O) groups is 1. The van der Waals surface area contributed by atoms with Gasteiger partial charge in [0.15, 0.2) is 0 Å². The van der Waals surface area contributed by atoms with Crippen molar-refractivity contribution in [3.05, 3.63) is 39.2 Å². The number of carboxylic acids is 1. The average Bonchev–Trinajstić information content (AvgIpc) is 2.58. The first kappa shape index (κ1) is 14.4. The van der Waals surface area contributed by atoms with Gasteiger partial charge in [0.2, 0.25) is 0 Å². The van der Waals surface area contributed by atoms with Crippen LogP contribution in [0.1, 0.15) is 54.7 Å². The lowest BCUT2D eigenvalue weighted by molar-refractivity contribution is 0.0696. The fourth-order valence-corrected chi connectivity index (χ4v) is 3.85. The van der Waals surface area contributed by atoms with Gasteiger partial charge in [0.1, 0.15) is 5.82 Å². The fourth-order valence-electron chi connectivity index (χ4n) is 3.51. The van der Waals surface area contributed by atoms with Crippen LogP contribution in [0.2, 0.25) is 0 Å². The Morgan fingerprint density at radius 2 is 2.14 bits per heavy atom. The van der Waals surface area contributed by atoms with E-state index in [1.165, 1.54) is 12.1 Å². The first-order valence-corrected chi connectivity index (χ1v) is 7.58. The number of halogens is 2. The summed E-state index contributed by atoms with van der Waals surface area (Å²) in [5.41, 5.74) is 1.98. The summed E-state index contributed by atoms with van der Waals surface area (Å²) in [5.74, 6) is -1.25. The van der Waals surface area contributed by atoms with Gasteiger partial charge in [-0.1, -0.05) is 20.8 Å². The van der Waals surface area contributed by atoms with E-state index in [1.807, 2.05) is 20.8 Å². The van der Waals surface area contributed by atoms with Crippen LogP contribution in [0.3, 0.4) is 0 Å². The van der Waals surface area contributed by atoms with Gasteiger partial charge in [-0.25, -0.2) is 9.18 Å². The van der Waals surface area contributed by atoms with E-state index >= 15 is 0 Å². The van der Waals surface area contributed by atoms with E-state index < -0.39 is 11.8 Å². The van der Waals surface area contributed by atoms with Crippen molar-refractivity contribution in [2.24, 2.45) is 0 Å². The van der Waals surface area contributed by atoms with Crippen molar-refractivity contribution >= 4 is 32.8 Å². The molecule has 0 amide bonds. The Morgan fingerprint density at radius 1 is 1.48 bits per heavy atom. The summed E-state index contributed by atoms with van der Waals surface area (Å²) in [5, 5.41) is 10.2. The van der Waals surface area contributed by atoms with Gasteiger partial charge in [0, 0.05) is 17.1 Å². The number of aromatic nitrogens is 1. The maximum atomic E-state index is 13.7. The smallest absolute Gasteiger partial charge is 0.336 e. The molecule has 1 unspecified atom stereocenters. The highest BCUT2D eigenvalue weighted by Gasteiger charge is 2.40. The van der Waals surface area contributed by atoms with Crippen LogP contribution in [-0.2, 0) is 5.41 Å². The molecule has 0 bridgehead atoms. The van der Waals surface area contributed by atoms with Crippen molar-refractivity contribution in [1.29, 1.82) is 0 Å². The molecule has 21 heavy (non-hydrogen) atoms. The molecular weight excluding hydrogens is 337 g/mol. The van der Waals surface area contributed by atoms with Crippen LogP contribution < -0.4 is 0 Å². The third kappa shape index (κ3) is 2.06. The molecule has 0 aliphatic heterocycles. The number of benzene rings is 1. The summed E-state index contributed by atoms with van der Waals surface area (Å²) in [4.78, 5) is 16.4. The first-order chi connectivity index (χ1) is 9.72. The topological polar surface area (TPSA) is 50.2 Å². The number of carboxylic acid groups (broad SMARTS) is 1. The van der Waals surface area contributed by atoms with Crippen molar-refractivity contribution in [3.63, 3.8) is 0 Å². The number of nitrogens with zero attached hydrogens (tertiary/aromatic N) is 1. The van der Waals surface area contributed by atoms with E-state index in [1.54, 1.807) is 0 Å². The zero-order valence-corrected chi connectivity index (χ0v) is 13.6. The molecule has 110 valence electrons. The van der Waals surface area contributed by atoms with Crippen LogP contribution in [0.25, 0.3) is 10.9 Å². The molecule has 1 atom stereocenters. The van der Waals surface area contributed by atoms with Crippen LogP contribution in [0.5, 0.6) is 0 Å². The monoisotopic (exact) mass is 351 g/mol. The number of fused-ring (bicyclic) bond motifs is 2. The Hall–Kier alpha value is -1.49. The zero-order chi connectivity index (χ0) is 15.5. The third-order valence-electron chi connectivity index (χ3n) is 4.23. The quantitative estimate of drug-likeness (QED) is 0.815. The SMILES string of the molecule is CC1CC(C)(C)c2c1nc1cc(F)c(Br)cc1c2C(=O)O. The second kappa shape index (κ2) is 4.50. The number of hydrogen-bond acceptors (Lipinski definition) is 2. The van der Waals surface area contributed by atoms with Gasteiger partial charge in [-0.15, -0.1) is 0 Å². The van der Waals surface area contributed by atoms with E-state index in [4.69, 9.17) is 0 Å². The molecule has 1 aliphatic carbocycles. The molecule has 1 N–H and O–H groups in total. The molecule has 3 nitrogen and oxygen atoms in total. The van der Waals surface area contributed by atoms with Gasteiger partial charge in [0.05, 0.1) is 15.6 Å². The highest BCUT2D eigenvalue weighted by molar-refractivity contribution is 9.10. The molecule has 3 rings (SSSR count). The largest absolute Gasteiger partial charge is 0.478 e. The Bertz CT molecular complexity index is 786. The van der Waals surface area contributed by atoms with Gasteiger partial charge in [-0.2, -0.15) is 0 Å². The fraction of sp³-hybridized carbons (Fsp3) is 0.375. The number of pyridine rings is 1. The van der Waals surface area contributed by atoms with Gasteiger partial charge < -0.3 is 5.11 Å². The molecule has 2 aromatic rings. The highest BCUT2D eigenvalue weighted by Crippen LogP contribution is 2.48. The molecule has 1 aromatic heterocycles. The van der Waals surface area contributed by atoms with Crippen molar-refractivity contribution in [2.45, 2.75) is 38.5 Å². The molecular formula is C16H15BrFNO2. The molecule has 0 spiro atoms. The second-order valence-electron chi connectivity index (χ2n) is 6.32. The summed E-state index contributed by atoms with van der Waals surface area (Å²) >= 11 is 3.12. The summed E-state index contributed by atoms with van der Waals surface area (Å²) < 4.78 is 14.0.